The van der Waals surface area contributed by atoms with Gasteiger partial charge in [0.1, 0.15) is 5.75 Å². The minimum absolute atomic E-state index is 0.00612. The monoisotopic (exact) mass is 274 g/mol. The lowest BCUT2D eigenvalue weighted by Gasteiger charge is -2.06. The van der Waals surface area contributed by atoms with Crippen molar-refractivity contribution in [1.82, 2.24) is 0 Å². The highest BCUT2D eigenvalue weighted by atomic mass is 19.2. The van der Waals surface area contributed by atoms with Crippen molar-refractivity contribution in [1.29, 1.82) is 0 Å². The Morgan fingerprint density at radius 2 is 1.75 bits per heavy atom. The average molecular weight is 274 g/mol. The number of allylic oxidation sites excluding steroid dienone is 1. The number of halogens is 2. The number of rotatable bonds is 4. The van der Waals surface area contributed by atoms with Gasteiger partial charge in [0, 0.05) is 6.07 Å². The van der Waals surface area contributed by atoms with Gasteiger partial charge in [-0.05, 0) is 17.7 Å². The van der Waals surface area contributed by atoms with Crippen LogP contribution in [0, 0.1) is 11.6 Å². The van der Waals surface area contributed by atoms with Crippen LogP contribution in [0.25, 0.3) is 6.08 Å². The molecule has 2 aromatic carbocycles. The van der Waals surface area contributed by atoms with Crippen LogP contribution in [-0.2, 0) is 0 Å². The van der Waals surface area contributed by atoms with E-state index in [0.717, 1.165) is 17.7 Å². The van der Waals surface area contributed by atoms with Gasteiger partial charge in [-0.2, -0.15) is 0 Å². The Labute approximate surface area is 115 Å². The molecule has 0 fully saturated rings. The summed E-state index contributed by atoms with van der Waals surface area (Å²) in [4.78, 5) is 12.0. The van der Waals surface area contributed by atoms with Gasteiger partial charge in [0.15, 0.2) is 17.4 Å². The molecule has 0 unspecified atom stereocenters. The van der Waals surface area contributed by atoms with Gasteiger partial charge in [0.25, 0.3) is 0 Å². The van der Waals surface area contributed by atoms with E-state index in [2.05, 4.69) is 0 Å². The number of ether oxygens (including phenoxy) is 1. The number of benzene rings is 2. The van der Waals surface area contributed by atoms with E-state index in [1.54, 1.807) is 6.08 Å². The van der Waals surface area contributed by atoms with Crippen molar-refractivity contribution in [2.45, 2.75) is 0 Å². The molecule has 2 nitrogen and oxygen atoms in total. The zero-order valence-corrected chi connectivity index (χ0v) is 10.8. The van der Waals surface area contributed by atoms with Crippen molar-refractivity contribution < 1.29 is 18.3 Å². The maximum absolute atomic E-state index is 13.2. The van der Waals surface area contributed by atoms with Gasteiger partial charge in [-0.25, -0.2) is 8.78 Å². The lowest BCUT2D eigenvalue weighted by atomic mass is 10.1. The molecule has 0 aliphatic rings. The van der Waals surface area contributed by atoms with Crippen LogP contribution in [0.2, 0.25) is 0 Å². The largest absolute Gasteiger partial charge is 0.496 e. The summed E-state index contributed by atoms with van der Waals surface area (Å²) >= 11 is 0. The number of hydrogen-bond acceptors (Lipinski definition) is 2. The fourth-order valence-corrected chi connectivity index (χ4v) is 1.72. The van der Waals surface area contributed by atoms with E-state index in [0.29, 0.717) is 0 Å². The summed E-state index contributed by atoms with van der Waals surface area (Å²) in [7, 11) is 1.30. The predicted octanol–water partition coefficient (Wildman–Crippen LogP) is 3.87. The Hall–Kier alpha value is -2.49. The molecule has 0 heterocycles. The highest BCUT2D eigenvalue weighted by Gasteiger charge is 2.14. The zero-order chi connectivity index (χ0) is 14.5. The molecule has 0 saturated heterocycles. The molecule has 0 atom stereocenters. The summed E-state index contributed by atoms with van der Waals surface area (Å²) in [5.74, 6) is -2.58. The van der Waals surface area contributed by atoms with Gasteiger partial charge in [0.05, 0.1) is 12.7 Å². The first-order chi connectivity index (χ1) is 9.61. The SMILES string of the molecule is COc1cc(F)c(F)cc1C(=O)/C=C/c1ccccc1. The third-order valence-corrected chi connectivity index (χ3v) is 2.73. The highest BCUT2D eigenvalue weighted by Crippen LogP contribution is 2.23. The fourth-order valence-electron chi connectivity index (χ4n) is 1.72. The molecule has 0 aliphatic heterocycles. The van der Waals surface area contributed by atoms with Crippen molar-refractivity contribution >= 4 is 11.9 Å². The third kappa shape index (κ3) is 3.09. The quantitative estimate of drug-likeness (QED) is 0.625. The smallest absolute Gasteiger partial charge is 0.189 e. The third-order valence-electron chi connectivity index (χ3n) is 2.73. The molecule has 0 aromatic heterocycles. The number of hydrogen-bond donors (Lipinski definition) is 0. The number of methoxy groups -OCH3 is 1. The Balaban J connectivity index is 2.30. The molecule has 20 heavy (non-hydrogen) atoms. The first-order valence-electron chi connectivity index (χ1n) is 5.92. The predicted molar refractivity (Wildman–Crippen MR) is 72.7 cm³/mol. The molecule has 4 heteroatoms. The van der Waals surface area contributed by atoms with E-state index in [-0.39, 0.29) is 11.3 Å². The topological polar surface area (TPSA) is 26.3 Å². The van der Waals surface area contributed by atoms with Gasteiger partial charge in [0.2, 0.25) is 0 Å². The van der Waals surface area contributed by atoms with E-state index in [1.165, 1.54) is 13.2 Å². The maximum Gasteiger partial charge on any atom is 0.189 e. The van der Waals surface area contributed by atoms with Crippen LogP contribution < -0.4 is 4.74 Å². The van der Waals surface area contributed by atoms with Crippen LogP contribution in [0.4, 0.5) is 8.78 Å². The summed E-state index contributed by atoms with van der Waals surface area (Å²) in [6.45, 7) is 0. The first-order valence-corrected chi connectivity index (χ1v) is 5.92. The highest BCUT2D eigenvalue weighted by molar-refractivity contribution is 6.08. The van der Waals surface area contributed by atoms with Crippen LogP contribution in [0.1, 0.15) is 15.9 Å². The molecule has 0 saturated carbocycles. The molecule has 0 bridgehead atoms. The minimum Gasteiger partial charge on any atom is -0.496 e. The normalized spacial score (nSPS) is 10.8. The molecule has 0 N–H and O–H groups in total. The van der Waals surface area contributed by atoms with Gasteiger partial charge >= 0.3 is 0 Å². The van der Waals surface area contributed by atoms with Crippen LogP contribution in [0.5, 0.6) is 5.75 Å². The van der Waals surface area contributed by atoms with Crippen LogP contribution >= 0.6 is 0 Å². The van der Waals surface area contributed by atoms with Crippen molar-refractivity contribution in [2.24, 2.45) is 0 Å². The standard InChI is InChI=1S/C16H12F2O2/c1-20-16-10-14(18)13(17)9-12(16)15(19)8-7-11-5-3-2-4-6-11/h2-10H,1H3/b8-7+. The van der Waals surface area contributed by atoms with Gasteiger partial charge in [-0.1, -0.05) is 36.4 Å². The van der Waals surface area contributed by atoms with Crippen molar-refractivity contribution in [2.75, 3.05) is 7.11 Å². The van der Waals surface area contributed by atoms with Gasteiger partial charge in [-0.3, -0.25) is 4.79 Å². The number of carbonyl (C=O) groups is 1. The Kier molecular flexibility index (Phi) is 4.25. The Morgan fingerprint density at radius 1 is 1.10 bits per heavy atom. The zero-order valence-electron chi connectivity index (χ0n) is 10.8. The lowest BCUT2D eigenvalue weighted by molar-refractivity contribution is 0.104. The summed E-state index contributed by atoms with van der Waals surface area (Å²) in [5.41, 5.74) is 0.820. The molecule has 0 amide bonds. The summed E-state index contributed by atoms with van der Waals surface area (Å²) < 4.78 is 31.2. The molecule has 0 aliphatic carbocycles. The second-order valence-corrected chi connectivity index (χ2v) is 4.07. The molecule has 2 rings (SSSR count). The Bertz CT molecular complexity index is 649. The molecule has 102 valence electrons. The van der Waals surface area contributed by atoms with Gasteiger partial charge in [-0.15, -0.1) is 0 Å². The first kappa shape index (κ1) is 13.9. The van der Waals surface area contributed by atoms with Crippen LogP contribution in [0.3, 0.4) is 0 Å². The summed E-state index contributed by atoms with van der Waals surface area (Å²) in [6.07, 6.45) is 2.90. The molecular formula is C16H12F2O2. The van der Waals surface area contributed by atoms with E-state index in [1.807, 2.05) is 30.3 Å². The van der Waals surface area contributed by atoms with Crippen LogP contribution in [0.15, 0.2) is 48.5 Å². The number of ketones is 1. The van der Waals surface area contributed by atoms with Gasteiger partial charge < -0.3 is 4.74 Å². The average Bonchev–Trinajstić information content (AvgIpc) is 2.48. The molecule has 2 aromatic rings. The summed E-state index contributed by atoms with van der Waals surface area (Å²) in [5, 5.41) is 0. The molecule has 0 spiro atoms. The van der Waals surface area contributed by atoms with E-state index >= 15 is 0 Å². The number of carbonyl (C=O) groups excluding carboxylic acids is 1. The van der Waals surface area contributed by atoms with E-state index < -0.39 is 17.4 Å². The maximum atomic E-state index is 13.2. The van der Waals surface area contributed by atoms with Crippen molar-refractivity contribution in [3.63, 3.8) is 0 Å². The minimum atomic E-state index is -1.08. The van der Waals surface area contributed by atoms with Crippen LogP contribution in [-0.4, -0.2) is 12.9 Å². The molecule has 0 radical (unpaired) electrons. The molecular weight excluding hydrogens is 262 g/mol. The second kappa shape index (κ2) is 6.10. The lowest BCUT2D eigenvalue weighted by Crippen LogP contribution is -2.01. The summed E-state index contributed by atoms with van der Waals surface area (Å²) in [6, 6.07) is 10.9. The van der Waals surface area contributed by atoms with E-state index in [9.17, 15) is 13.6 Å². The fraction of sp³-hybridized carbons (Fsp3) is 0.0625. The van der Waals surface area contributed by atoms with Crippen molar-refractivity contribution in [3.8, 4) is 5.75 Å². The van der Waals surface area contributed by atoms with Crippen molar-refractivity contribution in [3.05, 3.63) is 71.3 Å². The van der Waals surface area contributed by atoms with E-state index in [4.69, 9.17) is 4.74 Å². The Morgan fingerprint density at radius 3 is 2.40 bits per heavy atom. The second-order valence-electron chi connectivity index (χ2n) is 4.07.